The molecule has 0 bridgehead atoms. The maximum absolute atomic E-state index is 12.5. The van der Waals surface area contributed by atoms with E-state index in [2.05, 4.69) is 5.32 Å². The van der Waals surface area contributed by atoms with Crippen LogP contribution in [-0.2, 0) is 6.42 Å². The fourth-order valence-electron chi connectivity index (χ4n) is 2.29. The Morgan fingerprint density at radius 3 is 2.83 bits per heavy atom. The zero-order valence-corrected chi connectivity index (χ0v) is 10.2. The second kappa shape index (κ2) is 5.18. The molecule has 0 fully saturated rings. The van der Waals surface area contributed by atoms with Gasteiger partial charge in [-0.05, 0) is 25.5 Å². The van der Waals surface area contributed by atoms with Crippen molar-refractivity contribution in [3.05, 3.63) is 29.3 Å². The number of fused-ring (bicyclic) bond motifs is 1. The monoisotopic (exact) mass is 259 g/mol. The van der Waals surface area contributed by atoms with Gasteiger partial charge in [0.15, 0.2) is 0 Å². The van der Waals surface area contributed by atoms with E-state index in [0.717, 1.165) is 18.4 Å². The second-order valence-electron chi connectivity index (χ2n) is 4.45. The van der Waals surface area contributed by atoms with E-state index in [0.29, 0.717) is 17.9 Å². The normalized spacial score (nSPS) is 16.9. The van der Waals surface area contributed by atoms with Crippen molar-refractivity contribution in [2.24, 2.45) is 0 Å². The van der Waals surface area contributed by atoms with Gasteiger partial charge in [-0.15, -0.1) is 0 Å². The first kappa shape index (κ1) is 13.2. The highest BCUT2D eigenvalue weighted by Gasteiger charge is 2.33. The quantitative estimate of drug-likeness (QED) is 0.899. The number of hydrogen-bond donors (Lipinski definition) is 1. The van der Waals surface area contributed by atoms with Gasteiger partial charge in [0.05, 0.1) is 13.0 Å². The lowest BCUT2D eigenvalue weighted by atomic mass is 9.96. The molecule has 0 radical (unpaired) electrons. The molecule has 2 nitrogen and oxygen atoms in total. The van der Waals surface area contributed by atoms with Crippen LogP contribution < -0.4 is 10.1 Å². The van der Waals surface area contributed by atoms with E-state index >= 15 is 0 Å². The molecule has 5 heteroatoms. The Bertz CT molecular complexity index is 417. The number of aryl methyl sites for hydroxylation is 1. The predicted molar refractivity (Wildman–Crippen MR) is 62.7 cm³/mol. The van der Waals surface area contributed by atoms with Crippen LogP contribution in [0.25, 0.3) is 0 Å². The van der Waals surface area contributed by atoms with Gasteiger partial charge in [-0.2, -0.15) is 13.2 Å². The van der Waals surface area contributed by atoms with Crippen LogP contribution in [-0.4, -0.2) is 19.8 Å². The molecular weight excluding hydrogens is 243 g/mol. The minimum atomic E-state index is -4.19. The molecule has 1 aromatic rings. The summed E-state index contributed by atoms with van der Waals surface area (Å²) in [5, 5.41) is 2.73. The van der Waals surface area contributed by atoms with E-state index in [9.17, 15) is 13.2 Å². The molecule has 0 aliphatic carbocycles. The summed E-state index contributed by atoms with van der Waals surface area (Å²) < 4.78 is 43.1. The van der Waals surface area contributed by atoms with Gasteiger partial charge in [-0.3, -0.25) is 0 Å². The molecule has 1 N–H and O–H groups in total. The molecule has 18 heavy (non-hydrogen) atoms. The topological polar surface area (TPSA) is 21.3 Å². The molecular formula is C13H16F3NO. The summed E-state index contributed by atoms with van der Waals surface area (Å²) in [6.45, 7) is 0.576. The Morgan fingerprint density at radius 1 is 1.39 bits per heavy atom. The minimum absolute atomic E-state index is 0.576. The summed E-state index contributed by atoms with van der Waals surface area (Å²) in [6, 6.07) is 4.66. The molecule has 0 saturated carbocycles. The van der Waals surface area contributed by atoms with Crippen molar-refractivity contribution < 1.29 is 17.9 Å². The molecule has 1 unspecified atom stereocenters. The standard InChI is InChI=1S/C13H16F3NO/c1-17-11(8-13(14,15)16)10-6-2-4-9-5-3-7-18-12(9)10/h2,4,6,11,17H,3,5,7-8H2,1H3. The van der Waals surface area contributed by atoms with Crippen LogP contribution in [0.2, 0.25) is 0 Å². The van der Waals surface area contributed by atoms with E-state index < -0.39 is 18.6 Å². The Labute approximate surface area is 104 Å². The zero-order valence-electron chi connectivity index (χ0n) is 10.2. The van der Waals surface area contributed by atoms with Crippen LogP contribution >= 0.6 is 0 Å². The number of ether oxygens (including phenoxy) is 1. The summed E-state index contributed by atoms with van der Waals surface area (Å²) in [5.41, 5.74) is 1.60. The predicted octanol–water partition coefficient (Wildman–Crippen LogP) is 3.22. The van der Waals surface area contributed by atoms with Gasteiger partial charge < -0.3 is 10.1 Å². The summed E-state index contributed by atoms with van der Waals surface area (Å²) in [4.78, 5) is 0. The summed E-state index contributed by atoms with van der Waals surface area (Å²) in [7, 11) is 1.54. The van der Waals surface area contributed by atoms with E-state index in [1.54, 1.807) is 19.2 Å². The Kier molecular flexibility index (Phi) is 3.80. The molecule has 0 amide bonds. The summed E-state index contributed by atoms with van der Waals surface area (Å²) in [5.74, 6) is 0.632. The maximum atomic E-state index is 12.5. The second-order valence-corrected chi connectivity index (χ2v) is 4.45. The maximum Gasteiger partial charge on any atom is 0.390 e. The lowest BCUT2D eigenvalue weighted by Gasteiger charge is -2.25. The van der Waals surface area contributed by atoms with Gasteiger partial charge in [-0.1, -0.05) is 18.2 Å². The molecule has 100 valence electrons. The largest absolute Gasteiger partial charge is 0.493 e. The fourth-order valence-corrected chi connectivity index (χ4v) is 2.29. The molecule has 0 spiro atoms. The molecule has 0 saturated heterocycles. The number of para-hydroxylation sites is 1. The Morgan fingerprint density at radius 2 is 2.17 bits per heavy atom. The van der Waals surface area contributed by atoms with E-state index in [-0.39, 0.29) is 0 Å². The van der Waals surface area contributed by atoms with Crippen LogP contribution in [0.3, 0.4) is 0 Å². The number of hydrogen-bond acceptors (Lipinski definition) is 2. The number of alkyl halides is 3. The first-order valence-electron chi connectivity index (χ1n) is 6.00. The third kappa shape index (κ3) is 2.96. The molecule has 2 rings (SSSR count). The first-order chi connectivity index (χ1) is 8.51. The molecule has 0 aromatic heterocycles. The molecule has 1 aliphatic rings. The van der Waals surface area contributed by atoms with Crippen LogP contribution in [0.1, 0.15) is 30.0 Å². The van der Waals surface area contributed by atoms with E-state index in [1.807, 2.05) is 6.07 Å². The zero-order chi connectivity index (χ0) is 13.2. The van der Waals surface area contributed by atoms with Gasteiger partial charge in [0, 0.05) is 11.6 Å². The highest BCUT2D eigenvalue weighted by Crippen LogP contribution is 2.37. The summed E-state index contributed by atoms with van der Waals surface area (Å²) in [6.07, 6.45) is -3.29. The lowest BCUT2D eigenvalue weighted by Crippen LogP contribution is -2.25. The smallest absolute Gasteiger partial charge is 0.390 e. The SMILES string of the molecule is CNC(CC(F)(F)F)c1cccc2c1OCCC2. The van der Waals surface area contributed by atoms with Crippen LogP contribution in [0.15, 0.2) is 18.2 Å². The highest BCUT2D eigenvalue weighted by molar-refractivity contribution is 5.44. The van der Waals surface area contributed by atoms with Crippen molar-refractivity contribution >= 4 is 0 Å². The molecule has 1 aliphatic heterocycles. The van der Waals surface area contributed by atoms with Crippen molar-refractivity contribution in [3.63, 3.8) is 0 Å². The van der Waals surface area contributed by atoms with Gasteiger partial charge in [0.25, 0.3) is 0 Å². The lowest BCUT2D eigenvalue weighted by molar-refractivity contribution is -0.140. The number of rotatable bonds is 3. The first-order valence-corrected chi connectivity index (χ1v) is 6.00. The summed E-state index contributed by atoms with van der Waals surface area (Å²) >= 11 is 0. The highest BCUT2D eigenvalue weighted by atomic mass is 19.4. The van der Waals surface area contributed by atoms with Crippen molar-refractivity contribution in [2.75, 3.05) is 13.7 Å². The number of benzene rings is 1. The minimum Gasteiger partial charge on any atom is -0.493 e. The fraction of sp³-hybridized carbons (Fsp3) is 0.538. The average molecular weight is 259 g/mol. The van der Waals surface area contributed by atoms with Crippen LogP contribution in [0.5, 0.6) is 5.75 Å². The molecule has 1 heterocycles. The van der Waals surface area contributed by atoms with Gasteiger partial charge in [0.1, 0.15) is 5.75 Å². The van der Waals surface area contributed by atoms with E-state index in [1.165, 1.54) is 0 Å². The van der Waals surface area contributed by atoms with Gasteiger partial charge in [-0.25, -0.2) is 0 Å². The Hall–Kier alpha value is -1.23. The molecule has 1 aromatic carbocycles. The van der Waals surface area contributed by atoms with Crippen molar-refractivity contribution in [3.8, 4) is 5.75 Å². The van der Waals surface area contributed by atoms with Gasteiger partial charge in [0.2, 0.25) is 0 Å². The van der Waals surface area contributed by atoms with Crippen molar-refractivity contribution in [1.82, 2.24) is 5.32 Å². The third-order valence-corrected chi connectivity index (χ3v) is 3.12. The number of nitrogens with one attached hydrogen (secondary N) is 1. The average Bonchev–Trinajstić information content (AvgIpc) is 2.34. The van der Waals surface area contributed by atoms with Gasteiger partial charge >= 0.3 is 6.18 Å². The Balaban J connectivity index is 2.30. The molecule has 1 atom stereocenters. The third-order valence-electron chi connectivity index (χ3n) is 3.12. The number of halogens is 3. The van der Waals surface area contributed by atoms with Crippen molar-refractivity contribution in [1.29, 1.82) is 0 Å². The van der Waals surface area contributed by atoms with E-state index in [4.69, 9.17) is 4.74 Å². The van der Waals surface area contributed by atoms with Crippen molar-refractivity contribution in [2.45, 2.75) is 31.5 Å². The van der Waals surface area contributed by atoms with Crippen LogP contribution in [0.4, 0.5) is 13.2 Å². The van der Waals surface area contributed by atoms with Crippen LogP contribution in [0, 0.1) is 0 Å².